The highest BCUT2D eigenvalue weighted by Crippen LogP contribution is 2.15. The van der Waals surface area contributed by atoms with Crippen molar-refractivity contribution < 1.29 is 21.6 Å². The van der Waals surface area contributed by atoms with Crippen molar-refractivity contribution in [2.24, 2.45) is 0 Å². The van der Waals surface area contributed by atoms with Crippen LogP contribution < -0.4 is 10.9 Å². The van der Waals surface area contributed by atoms with E-state index in [4.69, 9.17) is 0 Å². The van der Waals surface area contributed by atoms with Crippen LogP contribution in [0.25, 0.3) is 0 Å². The van der Waals surface area contributed by atoms with Gasteiger partial charge in [-0.05, 0) is 18.9 Å². The number of carbonyl (C=O) groups is 1. The van der Waals surface area contributed by atoms with Crippen molar-refractivity contribution in [3.05, 3.63) is 28.7 Å². The third-order valence-electron chi connectivity index (χ3n) is 4.90. The van der Waals surface area contributed by atoms with Crippen LogP contribution in [-0.2, 0) is 31.4 Å². The van der Waals surface area contributed by atoms with Gasteiger partial charge in [0.1, 0.15) is 6.54 Å². The summed E-state index contributed by atoms with van der Waals surface area (Å²) in [6, 6.07) is 2.18. The molecule has 1 saturated heterocycles. The number of rotatable bonds is 8. The van der Waals surface area contributed by atoms with Crippen LogP contribution in [0, 0.1) is 0 Å². The van der Waals surface area contributed by atoms with Crippen LogP contribution in [0.2, 0.25) is 0 Å². The lowest BCUT2D eigenvalue weighted by Gasteiger charge is -2.30. The van der Waals surface area contributed by atoms with E-state index < -0.39 is 31.5 Å². The lowest BCUT2D eigenvalue weighted by atomic mass is 10.1. The monoisotopic (exact) mass is 448 g/mol. The normalized spacial score (nSPS) is 16.8. The Bertz CT molecular complexity index is 991. The minimum absolute atomic E-state index is 0.0462. The zero-order valence-corrected chi connectivity index (χ0v) is 18.5. The molecule has 10 nitrogen and oxygen atoms in total. The molecule has 0 saturated carbocycles. The second-order valence-corrected chi connectivity index (χ2v) is 10.8. The van der Waals surface area contributed by atoms with E-state index in [9.17, 15) is 26.4 Å². The summed E-state index contributed by atoms with van der Waals surface area (Å²) in [6.07, 6.45) is 3.29. The fourth-order valence-corrected chi connectivity index (χ4v) is 5.61. The fourth-order valence-electron chi connectivity index (χ4n) is 3.26. The van der Waals surface area contributed by atoms with E-state index >= 15 is 0 Å². The number of sulfonamides is 2. The maximum absolute atomic E-state index is 12.6. The van der Waals surface area contributed by atoms with Gasteiger partial charge in [0.15, 0.2) is 0 Å². The Morgan fingerprint density at radius 3 is 2.24 bits per heavy atom. The molecule has 1 aliphatic heterocycles. The molecular formula is C17H28N4O6S2. The minimum Gasteiger partial charge on any atom is -0.352 e. The Morgan fingerprint density at radius 1 is 1.14 bits per heavy atom. The van der Waals surface area contributed by atoms with Crippen molar-refractivity contribution in [1.82, 2.24) is 18.5 Å². The van der Waals surface area contributed by atoms with Gasteiger partial charge in [0, 0.05) is 44.5 Å². The maximum Gasteiger partial charge on any atom is 0.251 e. The quantitative estimate of drug-likeness (QED) is 0.567. The number of pyridine rings is 1. The molecule has 0 aliphatic carbocycles. The van der Waals surface area contributed by atoms with Crippen LogP contribution in [-0.4, -0.2) is 74.4 Å². The Labute approximate surface area is 171 Å². The molecule has 1 N–H and O–H groups in total. The van der Waals surface area contributed by atoms with Crippen molar-refractivity contribution in [2.45, 2.75) is 44.2 Å². The SMILES string of the molecule is CCN(CC)S(=O)(=O)c1ccc(=O)n(CC(=O)NC2CCN(S(C)(=O)=O)CC2)c1. The van der Waals surface area contributed by atoms with E-state index in [-0.39, 0.29) is 17.5 Å². The number of hydrogen-bond acceptors (Lipinski definition) is 6. The lowest BCUT2D eigenvalue weighted by Crippen LogP contribution is -2.47. The molecule has 0 radical (unpaired) electrons. The van der Waals surface area contributed by atoms with Gasteiger partial charge in [-0.25, -0.2) is 21.1 Å². The number of piperidine rings is 1. The third kappa shape index (κ3) is 5.87. The number of hydrogen-bond donors (Lipinski definition) is 1. The van der Waals surface area contributed by atoms with Crippen molar-refractivity contribution in [3.8, 4) is 0 Å². The van der Waals surface area contributed by atoms with E-state index in [0.29, 0.717) is 39.0 Å². The van der Waals surface area contributed by atoms with Gasteiger partial charge < -0.3 is 9.88 Å². The van der Waals surface area contributed by atoms with Gasteiger partial charge in [-0.3, -0.25) is 9.59 Å². The van der Waals surface area contributed by atoms with Crippen LogP contribution in [0.15, 0.2) is 28.0 Å². The van der Waals surface area contributed by atoms with Crippen LogP contribution in [0.5, 0.6) is 0 Å². The van der Waals surface area contributed by atoms with Gasteiger partial charge in [0.05, 0.1) is 11.2 Å². The first-order chi connectivity index (χ1) is 13.5. The molecule has 1 fully saturated rings. The molecule has 12 heteroatoms. The highest BCUT2D eigenvalue weighted by atomic mass is 32.2. The number of nitrogens with zero attached hydrogens (tertiary/aromatic N) is 3. The van der Waals surface area contributed by atoms with E-state index in [1.807, 2.05) is 0 Å². The molecule has 164 valence electrons. The number of aromatic nitrogens is 1. The molecule has 29 heavy (non-hydrogen) atoms. The topological polar surface area (TPSA) is 126 Å². The molecule has 0 spiro atoms. The van der Waals surface area contributed by atoms with Gasteiger partial charge >= 0.3 is 0 Å². The van der Waals surface area contributed by atoms with E-state index in [2.05, 4.69) is 5.32 Å². The van der Waals surface area contributed by atoms with Crippen LogP contribution in [0.3, 0.4) is 0 Å². The second-order valence-electron chi connectivity index (χ2n) is 6.92. The third-order valence-corrected chi connectivity index (χ3v) is 8.24. The first kappa shape index (κ1) is 23.5. The van der Waals surface area contributed by atoms with Gasteiger partial charge in [0.25, 0.3) is 5.56 Å². The van der Waals surface area contributed by atoms with Crippen molar-refractivity contribution in [2.75, 3.05) is 32.4 Å². The van der Waals surface area contributed by atoms with E-state index in [0.717, 1.165) is 16.9 Å². The van der Waals surface area contributed by atoms with Crippen molar-refractivity contribution in [3.63, 3.8) is 0 Å². The lowest BCUT2D eigenvalue weighted by molar-refractivity contribution is -0.122. The Morgan fingerprint density at radius 2 is 1.72 bits per heavy atom. The summed E-state index contributed by atoms with van der Waals surface area (Å²) in [5, 5.41) is 2.79. The first-order valence-corrected chi connectivity index (χ1v) is 12.7. The molecule has 1 aromatic rings. The average molecular weight is 449 g/mol. The Balaban J connectivity index is 2.07. The largest absolute Gasteiger partial charge is 0.352 e. The smallest absolute Gasteiger partial charge is 0.251 e. The highest BCUT2D eigenvalue weighted by Gasteiger charge is 2.26. The second kappa shape index (κ2) is 9.37. The molecule has 0 bridgehead atoms. The summed E-state index contributed by atoms with van der Waals surface area (Å²) in [6.45, 7) is 4.36. The summed E-state index contributed by atoms with van der Waals surface area (Å²) in [5.41, 5.74) is -0.481. The summed E-state index contributed by atoms with van der Waals surface area (Å²) in [4.78, 5) is 24.4. The zero-order valence-electron chi connectivity index (χ0n) is 16.9. The Kier molecular flexibility index (Phi) is 7.60. The predicted molar refractivity (Wildman–Crippen MR) is 108 cm³/mol. The zero-order chi connectivity index (χ0) is 21.8. The number of amides is 1. The van der Waals surface area contributed by atoms with E-state index in [1.165, 1.54) is 20.9 Å². The van der Waals surface area contributed by atoms with Crippen LogP contribution >= 0.6 is 0 Å². The maximum atomic E-state index is 12.6. The summed E-state index contributed by atoms with van der Waals surface area (Å²) in [7, 11) is -6.99. The van der Waals surface area contributed by atoms with Gasteiger partial charge in [-0.2, -0.15) is 4.31 Å². The standard InChI is InChI=1S/C17H28N4O6S2/c1-4-20(5-2)29(26,27)15-6-7-17(23)19(12-15)13-16(22)18-14-8-10-21(11-9-14)28(3,24)25/h6-7,12,14H,4-5,8-11,13H2,1-3H3,(H,18,22). The molecule has 2 rings (SSSR count). The number of carbonyl (C=O) groups excluding carboxylic acids is 1. The summed E-state index contributed by atoms with van der Waals surface area (Å²) < 4.78 is 52.0. The predicted octanol–water partition coefficient (Wildman–Crippen LogP) is -0.581. The molecule has 2 heterocycles. The van der Waals surface area contributed by atoms with E-state index in [1.54, 1.807) is 13.8 Å². The number of nitrogens with one attached hydrogen (secondary N) is 1. The van der Waals surface area contributed by atoms with Gasteiger partial charge in [-0.15, -0.1) is 0 Å². The molecular weight excluding hydrogens is 420 g/mol. The molecule has 0 unspecified atom stereocenters. The van der Waals surface area contributed by atoms with Crippen molar-refractivity contribution >= 4 is 26.0 Å². The average Bonchev–Trinajstić information content (AvgIpc) is 2.63. The molecule has 0 aromatic carbocycles. The molecule has 1 amide bonds. The minimum atomic E-state index is -3.74. The van der Waals surface area contributed by atoms with Gasteiger partial charge in [-0.1, -0.05) is 13.8 Å². The van der Waals surface area contributed by atoms with Gasteiger partial charge in [0.2, 0.25) is 26.0 Å². The van der Waals surface area contributed by atoms with Crippen molar-refractivity contribution in [1.29, 1.82) is 0 Å². The highest BCUT2D eigenvalue weighted by molar-refractivity contribution is 7.89. The molecule has 1 aromatic heterocycles. The summed E-state index contributed by atoms with van der Waals surface area (Å²) in [5.74, 6) is -0.428. The fraction of sp³-hybridized carbons (Fsp3) is 0.647. The molecule has 1 aliphatic rings. The van der Waals surface area contributed by atoms with Crippen LogP contribution in [0.1, 0.15) is 26.7 Å². The first-order valence-electron chi connectivity index (χ1n) is 9.44. The molecule has 0 atom stereocenters. The summed E-state index contributed by atoms with van der Waals surface area (Å²) >= 11 is 0. The van der Waals surface area contributed by atoms with Crippen LogP contribution in [0.4, 0.5) is 0 Å². The Hall–Kier alpha value is -1.76.